The van der Waals surface area contributed by atoms with Crippen LogP contribution in [0.1, 0.15) is 170 Å². The van der Waals surface area contributed by atoms with Gasteiger partial charge in [-0.05, 0) is 93.3 Å². The lowest BCUT2D eigenvalue weighted by atomic mass is 10.0. The zero-order chi connectivity index (χ0) is 87.3. The molecule has 12 amide bonds. The normalized spacial score (nSPS) is 18.3. The number of rotatable bonds is 24. The van der Waals surface area contributed by atoms with Crippen molar-refractivity contribution in [1.29, 1.82) is 0 Å². The summed E-state index contributed by atoms with van der Waals surface area (Å²) in [5.74, 6) is -8.70. The van der Waals surface area contributed by atoms with E-state index in [9.17, 15) is 77.6 Å². The number of carbonyl (C=O) groups is 13. The number of esters is 1. The van der Waals surface area contributed by atoms with Crippen LogP contribution < -0.4 is 64.1 Å². The Morgan fingerprint density at radius 1 is 0.762 bits per heavy atom. The number of amides is 12. The van der Waals surface area contributed by atoms with Crippen molar-refractivity contribution < 1.29 is 87.1 Å². The summed E-state index contributed by atoms with van der Waals surface area (Å²) < 4.78 is 12.4. The van der Waals surface area contributed by atoms with E-state index < -0.39 is 143 Å². The number of ether oxygens (including phenoxy) is 2. The van der Waals surface area contributed by atoms with E-state index in [0.717, 1.165) is 73.3 Å². The van der Waals surface area contributed by atoms with Crippen molar-refractivity contribution in [2.75, 3.05) is 24.2 Å². The van der Waals surface area contributed by atoms with Gasteiger partial charge in [0, 0.05) is 92.9 Å². The van der Waals surface area contributed by atoms with Gasteiger partial charge in [0.05, 0.1) is 41.0 Å². The van der Waals surface area contributed by atoms with Gasteiger partial charge in [-0.3, -0.25) is 63.0 Å². The highest BCUT2D eigenvalue weighted by molar-refractivity contribution is 8.14. The number of aromatic amines is 1. The van der Waals surface area contributed by atoms with Crippen molar-refractivity contribution in [3.05, 3.63) is 166 Å². The first-order valence-electron chi connectivity index (χ1n) is 38.0. The molecule has 7 aromatic heterocycles. The second-order valence-corrected chi connectivity index (χ2v) is 33.9. The molecule has 0 aliphatic carbocycles. The number of imide groups is 1. The molecule has 12 bridgehead atoms. The fraction of sp³-hybridized carbons (Fsp3) is 0.329. The average Bonchev–Trinajstić information content (AvgIpc) is 1.59. The maximum absolute atomic E-state index is 14.7. The van der Waals surface area contributed by atoms with E-state index in [1.165, 1.54) is 46.7 Å². The third kappa shape index (κ3) is 21.7. The fourth-order valence-electron chi connectivity index (χ4n) is 12.9. The molecule has 8 atom stereocenters. The third-order valence-electron chi connectivity index (χ3n) is 19.4. The van der Waals surface area contributed by atoms with Gasteiger partial charge in [0.15, 0.2) is 6.10 Å². The van der Waals surface area contributed by atoms with E-state index in [1.54, 1.807) is 81.6 Å². The molecule has 0 radical (unpaired) electrons. The number of unbranched alkanes of at least 4 members (excludes halogenated alkanes) is 2. The zero-order valence-electron chi connectivity index (χ0n) is 65.8. The highest BCUT2D eigenvalue weighted by Gasteiger charge is 2.36. The fourth-order valence-corrected chi connectivity index (χ4v) is 18.1. The molecule has 3 aliphatic rings. The topological polar surface area (TPSA) is 558 Å². The second kappa shape index (κ2) is 40.0. The number of benzene rings is 2. The van der Waals surface area contributed by atoms with Crippen molar-refractivity contribution in [2.24, 2.45) is 17.4 Å². The second-order valence-electron chi connectivity index (χ2n) is 28.5. The maximum atomic E-state index is 14.7. The van der Waals surface area contributed by atoms with Crippen LogP contribution in [0.2, 0.25) is 0 Å². The largest absolute Gasteiger partial charge is 0.486 e. The molecule has 1 unspecified atom stereocenters. The Hall–Kier alpha value is -12.2. The van der Waals surface area contributed by atoms with Gasteiger partial charge < -0.3 is 83.8 Å². The van der Waals surface area contributed by atoms with Gasteiger partial charge in [-0.2, -0.15) is 0 Å². The van der Waals surface area contributed by atoms with Gasteiger partial charge in [0.2, 0.25) is 28.7 Å². The molecule has 122 heavy (non-hydrogen) atoms. The predicted molar refractivity (Wildman–Crippen MR) is 453 cm³/mol. The molecular weight excluding hydrogens is 1700 g/mol. The summed E-state index contributed by atoms with van der Waals surface area (Å²) in [7, 11) is 0. The van der Waals surface area contributed by atoms with Crippen molar-refractivity contribution in [2.45, 2.75) is 141 Å². The van der Waals surface area contributed by atoms with Crippen LogP contribution >= 0.6 is 68.4 Å². The molecule has 37 nitrogen and oxygen atoms in total. The molecule has 9 aromatic rings. The van der Waals surface area contributed by atoms with E-state index in [4.69, 9.17) is 40.9 Å². The third-order valence-corrected chi connectivity index (χ3v) is 24.9. The Morgan fingerprint density at radius 3 is 2.17 bits per heavy atom. The number of pyridine rings is 1. The number of thiazole rings is 5. The minimum Gasteiger partial charge on any atom is -0.486 e. The lowest BCUT2D eigenvalue weighted by Gasteiger charge is -2.25. The maximum Gasteiger partial charge on any atom is 0.335 e. The van der Waals surface area contributed by atoms with Crippen LogP contribution in [0.25, 0.3) is 49.3 Å². The number of anilines is 1. The van der Waals surface area contributed by atoms with Crippen molar-refractivity contribution in [3.8, 4) is 38.4 Å². The van der Waals surface area contributed by atoms with Gasteiger partial charge in [-0.1, -0.05) is 69.0 Å². The molecule has 43 heteroatoms. The molecule has 2 aromatic carbocycles. The van der Waals surface area contributed by atoms with Crippen LogP contribution in [0.3, 0.4) is 0 Å². The number of urea groups is 1. The molecule has 638 valence electrons. The van der Waals surface area contributed by atoms with Gasteiger partial charge >= 0.3 is 12.0 Å². The molecule has 17 N–H and O–H groups in total. The Kier molecular flexibility index (Phi) is 29.2. The highest BCUT2D eigenvalue weighted by atomic mass is 32.2. The summed E-state index contributed by atoms with van der Waals surface area (Å²) >= 11 is 5.79. The molecule has 0 saturated heterocycles. The predicted octanol–water partition coefficient (Wildman–Crippen LogP) is 6.10. The molecule has 0 saturated carbocycles. The molecular formula is C79H83N19O18S6. The van der Waals surface area contributed by atoms with Crippen LogP contribution in [-0.2, 0) is 56.3 Å². The number of thioether (sulfide) groups is 1. The number of allylic oxidation sites excluding steroid dienone is 1. The smallest absolute Gasteiger partial charge is 0.335 e. The number of fused-ring (bicyclic) bond motifs is 13. The van der Waals surface area contributed by atoms with E-state index >= 15 is 0 Å². The van der Waals surface area contributed by atoms with Crippen molar-refractivity contribution in [3.63, 3.8) is 0 Å². The van der Waals surface area contributed by atoms with Crippen LogP contribution in [0.15, 0.2) is 106 Å². The number of primary amides is 2. The Labute approximate surface area is 719 Å². The van der Waals surface area contributed by atoms with E-state index in [1.807, 2.05) is 0 Å². The summed E-state index contributed by atoms with van der Waals surface area (Å²) in [5, 5.41) is 67.7. The number of nitrogens with one attached hydrogen (secondary N) is 10. The number of cyclic esters (lactones) is 1. The Balaban J connectivity index is 0.900. The summed E-state index contributed by atoms with van der Waals surface area (Å²) in [6.07, 6.45) is -0.0890. The number of hydrogen-bond acceptors (Lipinski definition) is 31. The van der Waals surface area contributed by atoms with Crippen LogP contribution in [0, 0.1) is 12.8 Å². The standard InChI is InChI=1S/C79H83N19O18S6/c1-7-43-73-92-49(31-119-73)67(107)88-46-26-53(100)77(112)116-28-40-13-11-14-44-58(40)36(4)60(85-44)78(113)122-34-52(89-68(108)50-32-120-74(46)93-50)75-90-47(29-118-75)62-42(72-91-51(30-117-72)69(109)97-61(38(6)99)71(111)86-43)25-54(63(96-62)76-94-48(33-121-76)66(106)83-37(5)64(80)104)115-27-39-17-19-41(20-18-39)84-65(105)45(15-12-23-82-79(81)114)87-70(110)59(35(2)3)95-55(101)16-9-8-10-24-98-56(102)21-22-57(98)103/h7,11,13-14,17-22,25,29-33,35,38,45-46,52-53,59,61,68,85,89,99-100,108H,5,8-10,12,15-16,23-24,26-28,34H2,1-4,6H3,(H2,80,104)(H,83,106)(H,84,105)(H,86,111)(H,87,110)(H,88,107)(H,95,101)(H,97,109)(H3,81,82,114)/b43-7-/t38-,45+,46+,52+,53+,59+,61+,68?/m1/s1. The van der Waals surface area contributed by atoms with Gasteiger partial charge in [0.25, 0.3) is 35.4 Å². The number of aliphatic hydroxyl groups is 3. The summed E-state index contributed by atoms with van der Waals surface area (Å²) in [6.45, 7) is 11.2. The van der Waals surface area contributed by atoms with E-state index in [2.05, 4.69) is 69.4 Å². The van der Waals surface area contributed by atoms with E-state index in [0.29, 0.717) is 46.9 Å². The van der Waals surface area contributed by atoms with Crippen LogP contribution in [0.5, 0.6) is 5.75 Å². The van der Waals surface area contributed by atoms with Gasteiger partial charge in [-0.25, -0.2) is 39.5 Å². The number of nitrogens with two attached hydrogens (primary N) is 2. The van der Waals surface area contributed by atoms with Gasteiger partial charge in [0.1, 0.15) is 103 Å². The van der Waals surface area contributed by atoms with Crippen molar-refractivity contribution in [1.82, 2.24) is 82.3 Å². The first-order chi connectivity index (χ1) is 58.4. The number of nitrogens with zero attached hydrogens (tertiary/aromatic N) is 7. The molecule has 12 rings (SSSR count). The minimum atomic E-state index is -1.87. The number of H-pyrrole nitrogens is 1. The summed E-state index contributed by atoms with van der Waals surface area (Å²) in [4.78, 5) is 208. The number of aryl methyl sites for hydroxylation is 1. The lowest BCUT2D eigenvalue weighted by Crippen LogP contribution is -2.54. The van der Waals surface area contributed by atoms with Crippen LogP contribution in [0.4, 0.5) is 10.5 Å². The van der Waals surface area contributed by atoms with Gasteiger partial charge in [-0.15, -0.1) is 56.7 Å². The number of carbonyl (C=O) groups excluding carboxylic acids is 13. The Morgan fingerprint density at radius 2 is 1.46 bits per heavy atom. The minimum absolute atomic E-state index is 0.00751. The number of aromatic nitrogens is 7. The molecule has 0 fully saturated rings. The van der Waals surface area contributed by atoms with Crippen LogP contribution in [-0.4, -0.2) is 180 Å². The highest BCUT2D eigenvalue weighted by Crippen LogP contribution is 2.43. The Bertz CT molecular complexity index is 5610. The quantitative estimate of drug-likeness (QED) is 0.0140. The lowest BCUT2D eigenvalue weighted by molar-refractivity contribution is -0.155. The van der Waals surface area contributed by atoms with E-state index in [-0.39, 0.29) is 145 Å². The zero-order valence-corrected chi connectivity index (χ0v) is 70.7. The number of hydrogen-bond donors (Lipinski definition) is 15. The summed E-state index contributed by atoms with van der Waals surface area (Å²) in [6, 6.07) is 6.05. The molecule has 0 spiro atoms. The first-order valence-corrected chi connectivity index (χ1v) is 43.4. The average molecular weight is 1780 g/mol. The first kappa shape index (κ1) is 89.1. The molecule has 3 aliphatic heterocycles. The monoisotopic (exact) mass is 1780 g/mol. The SMILES string of the molecule is C=C(NC(=O)c1csc(-c2nc3c(cc2OCc2ccc(NC(=O)[C@H](CCCNC(N)=O)NC(=O)[C@@H](NC(=O)CCCCCN4C(=O)C=CC4=O)C(C)C)cc2)-c2nc(cs2)C(=O)N[C@@H]([C@@H](C)O)C(=O)N/C(=C\C)c2nc(cs2)C(=O)N[C@H]2C[C@H](O)C(=O)OCc4cccc5[nH]c(c(C)c45)C(=O)SC[C@H](NC(O)c4csc2n4)c2nc-3cs2)n1)C(N)=O. The summed E-state index contributed by atoms with van der Waals surface area (Å²) in [5.41, 5.74) is 12.6. The number of aliphatic hydroxyl groups excluding tert-OH is 3. The van der Waals surface area contributed by atoms with Crippen molar-refractivity contribution >= 4 is 167 Å². The molecule has 10 heterocycles.